The van der Waals surface area contributed by atoms with Gasteiger partial charge in [-0.2, -0.15) is 10.2 Å². The molecule has 1 amide bonds. The fourth-order valence-corrected chi connectivity index (χ4v) is 4.21. The molecule has 34 heavy (non-hydrogen) atoms. The van der Waals surface area contributed by atoms with E-state index < -0.39 is 0 Å². The first-order valence-corrected chi connectivity index (χ1v) is 11.3. The predicted molar refractivity (Wildman–Crippen MR) is 131 cm³/mol. The van der Waals surface area contributed by atoms with Crippen molar-refractivity contribution >= 4 is 46.0 Å². The lowest BCUT2D eigenvalue weighted by Crippen LogP contribution is -2.20. The van der Waals surface area contributed by atoms with Crippen molar-refractivity contribution in [3.63, 3.8) is 0 Å². The first-order valence-electron chi connectivity index (χ1n) is 10.5. The molecule has 0 unspecified atom stereocenters. The Morgan fingerprint density at radius 1 is 1.06 bits per heavy atom. The van der Waals surface area contributed by atoms with Crippen LogP contribution in [-0.2, 0) is 17.9 Å². The van der Waals surface area contributed by atoms with E-state index in [1.165, 1.54) is 0 Å². The van der Waals surface area contributed by atoms with Gasteiger partial charge in [0.25, 0.3) is 0 Å². The van der Waals surface area contributed by atoms with Gasteiger partial charge in [0.2, 0.25) is 5.91 Å². The largest absolute Gasteiger partial charge is 0.464 e. The number of aromatic nitrogens is 5. The summed E-state index contributed by atoms with van der Waals surface area (Å²) in [6, 6.07) is 12.9. The number of rotatable bonds is 6. The number of anilines is 1. The number of nitrogens with one attached hydrogen (secondary N) is 1. The summed E-state index contributed by atoms with van der Waals surface area (Å²) in [6.07, 6.45) is 3.31. The van der Waals surface area contributed by atoms with Crippen LogP contribution in [0.4, 0.5) is 5.82 Å². The average Bonchev–Trinajstić information content (AvgIpc) is 3.52. The second kappa shape index (κ2) is 8.96. The number of furan rings is 1. The molecule has 1 aromatic carbocycles. The number of pyridine rings is 1. The van der Waals surface area contributed by atoms with Gasteiger partial charge in [-0.1, -0.05) is 29.3 Å². The predicted octanol–water partition coefficient (Wildman–Crippen LogP) is 5.50. The minimum absolute atomic E-state index is 0.00233. The number of nitrogens with zero attached hydrogens (tertiary/aromatic N) is 5. The van der Waals surface area contributed by atoms with Crippen molar-refractivity contribution < 1.29 is 9.21 Å². The molecular formula is C24H20Cl2N6O2. The minimum Gasteiger partial charge on any atom is -0.464 e. The molecule has 0 saturated carbocycles. The van der Waals surface area contributed by atoms with Gasteiger partial charge < -0.3 is 9.73 Å². The zero-order valence-corrected chi connectivity index (χ0v) is 19.9. The highest BCUT2D eigenvalue weighted by Crippen LogP contribution is 2.30. The Morgan fingerprint density at radius 3 is 2.68 bits per heavy atom. The molecule has 172 valence electrons. The van der Waals surface area contributed by atoms with Crippen LogP contribution in [0, 0.1) is 13.8 Å². The van der Waals surface area contributed by atoms with E-state index in [9.17, 15) is 4.79 Å². The molecule has 0 radical (unpaired) electrons. The molecular weight excluding hydrogens is 475 g/mol. The molecule has 0 atom stereocenters. The van der Waals surface area contributed by atoms with Gasteiger partial charge in [-0.25, -0.2) is 9.67 Å². The number of carbonyl (C=O) groups is 1. The molecule has 0 fully saturated rings. The van der Waals surface area contributed by atoms with Crippen molar-refractivity contribution in [1.82, 2.24) is 24.5 Å². The Bertz CT molecular complexity index is 1500. The van der Waals surface area contributed by atoms with Crippen LogP contribution < -0.4 is 5.32 Å². The molecule has 0 aliphatic rings. The number of hydrogen-bond donors (Lipinski definition) is 1. The zero-order chi connectivity index (χ0) is 23.8. The maximum absolute atomic E-state index is 12.8. The van der Waals surface area contributed by atoms with Gasteiger partial charge in [-0.15, -0.1) is 0 Å². The summed E-state index contributed by atoms with van der Waals surface area (Å²) < 4.78 is 8.93. The van der Waals surface area contributed by atoms with Crippen molar-refractivity contribution in [2.24, 2.45) is 0 Å². The highest BCUT2D eigenvalue weighted by atomic mass is 35.5. The summed E-state index contributed by atoms with van der Waals surface area (Å²) in [5.74, 6) is 0.927. The lowest BCUT2D eigenvalue weighted by molar-refractivity contribution is -0.116. The van der Waals surface area contributed by atoms with Crippen molar-refractivity contribution in [3.8, 4) is 11.3 Å². The van der Waals surface area contributed by atoms with Gasteiger partial charge in [0.15, 0.2) is 11.5 Å². The third-order valence-corrected chi connectivity index (χ3v) is 6.19. The first kappa shape index (κ1) is 22.2. The van der Waals surface area contributed by atoms with E-state index in [0.717, 1.165) is 33.7 Å². The van der Waals surface area contributed by atoms with Crippen molar-refractivity contribution in [2.75, 3.05) is 5.32 Å². The molecule has 10 heteroatoms. The fraction of sp³-hybridized carbons (Fsp3) is 0.167. The monoisotopic (exact) mass is 494 g/mol. The summed E-state index contributed by atoms with van der Waals surface area (Å²) in [6.45, 7) is 4.31. The van der Waals surface area contributed by atoms with Crippen LogP contribution in [0.3, 0.4) is 0 Å². The van der Waals surface area contributed by atoms with Crippen molar-refractivity contribution in [3.05, 3.63) is 81.9 Å². The molecule has 0 aliphatic carbocycles. The molecule has 5 aromatic rings. The quantitative estimate of drug-likeness (QED) is 0.336. The van der Waals surface area contributed by atoms with Gasteiger partial charge in [-0.3, -0.25) is 9.48 Å². The number of carbonyl (C=O) groups excluding carboxylic acids is 1. The molecule has 4 aromatic heterocycles. The standard InChI is InChI=1S/C24H20Cl2N6O2/c1-14-10-21(30-31(14)12-16-5-6-18(25)19(26)11-16)28-22(33)13-32-24-23(15(2)29-32)17(7-8-27-24)20-4-3-9-34-20/h3-11H,12-13H2,1-2H3,(H,28,30,33). The zero-order valence-electron chi connectivity index (χ0n) is 18.4. The van der Waals surface area contributed by atoms with Gasteiger partial charge in [0, 0.05) is 23.5 Å². The number of halogens is 2. The maximum atomic E-state index is 12.8. The van der Waals surface area contributed by atoms with Gasteiger partial charge in [0.05, 0.1) is 33.9 Å². The van der Waals surface area contributed by atoms with E-state index >= 15 is 0 Å². The Kier molecular flexibility index (Phi) is 5.85. The third-order valence-electron chi connectivity index (χ3n) is 5.45. The summed E-state index contributed by atoms with van der Waals surface area (Å²) in [5.41, 5.74) is 4.12. The summed E-state index contributed by atoms with van der Waals surface area (Å²) in [5, 5.41) is 13.7. The highest BCUT2D eigenvalue weighted by Gasteiger charge is 2.18. The van der Waals surface area contributed by atoms with E-state index in [-0.39, 0.29) is 12.5 Å². The van der Waals surface area contributed by atoms with Crippen LogP contribution >= 0.6 is 23.2 Å². The van der Waals surface area contributed by atoms with Crippen molar-refractivity contribution in [2.45, 2.75) is 26.9 Å². The molecule has 0 spiro atoms. The van der Waals surface area contributed by atoms with Gasteiger partial charge in [-0.05, 0) is 49.7 Å². The molecule has 0 aliphatic heterocycles. The van der Waals surface area contributed by atoms with E-state index in [1.807, 2.05) is 44.2 Å². The lowest BCUT2D eigenvalue weighted by atomic mass is 10.1. The summed E-state index contributed by atoms with van der Waals surface area (Å²) in [7, 11) is 0. The normalized spacial score (nSPS) is 11.3. The Morgan fingerprint density at radius 2 is 1.91 bits per heavy atom. The Balaban J connectivity index is 1.34. The molecule has 4 heterocycles. The second-order valence-electron chi connectivity index (χ2n) is 7.90. The first-order chi connectivity index (χ1) is 16.4. The van der Waals surface area contributed by atoms with E-state index in [2.05, 4.69) is 20.5 Å². The minimum atomic E-state index is -0.256. The van der Waals surface area contributed by atoms with E-state index in [1.54, 1.807) is 34.0 Å². The molecule has 0 saturated heterocycles. The number of hydrogen-bond acceptors (Lipinski definition) is 5. The number of amides is 1. The van der Waals surface area contributed by atoms with Crippen molar-refractivity contribution in [1.29, 1.82) is 0 Å². The fourth-order valence-electron chi connectivity index (χ4n) is 3.89. The summed E-state index contributed by atoms with van der Waals surface area (Å²) >= 11 is 12.1. The van der Waals surface area contributed by atoms with Crippen LogP contribution in [-0.4, -0.2) is 30.5 Å². The van der Waals surface area contributed by atoms with Crippen LogP contribution in [0.25, 0.3) is 22.4 Å². The van der Waals surface area contributed by atoms with Crippen LogP contribution in [0.15, 0.2) is 59.3 Å². The van der Waals surface area contributed by atoms with Gasteiger partial charge >= 0.3 is 0 Å². The maximum Gasteiger partial charge on any atom is 0.247 e. The Hall–Kier alpha value is -3.62. The molecule has 8 nitrogen and oxygen atoms in total. The molecule has 1 N–H and O–H groups in total. The van der Waals surface area contributed by atoms with Gasteiger partial charge in [0.1, 0.15) is 12.3 Å². The van der Waals surface area contributed by atoms with Crippen LogP contribution in [0.1, 0.15) is 17.0 Å². The third kappa shape index (κ3) is 4.30. The van der Waals surface area contributed by atoms with E-state index in [4.69, 9.17) is 27.6 Å². The van der Waals surface area contributed by atoms with Crippen LogP contribution in [0.5, 0.6) is 0 Å². The number of aryl methyl sites for hydroxylation is 2. The second-order valence-corrected chi connectivity index (χ2v) is 8.72. The topological polar surface area (TPSA) is 90.8 Å². The molecule has 0 bridgehead atoms. The highest BCUT2D eigenvalue weighted by molar-refractivity contribution is 6.42. The van der Waals surface area contributed by atoms with E-state index in [0.29, 0.717) is 28.1 Å². The smallest absolute Gasteiger partial charge is 0.247 e. The van der Waals surface area contributed by atoms with Crippen LogP contribution in [0.2, 0.25) is 10.0 Å². The lowest BCUT2D eigenvalue weighted by Gasteiger charge is -2.06. The number of benzene rings is 1. The summed E-state index contributed by atoms with van der Waals surface area (Å²) in [4.78, 5) is 17.3. The average molecular weight is 495 g/mol. The molecule has 5 rings (SSSR count). The number of fused-ring (bicyclic) bond motifs is 1. The Labute approximate surface area is 205 Å². The SMILES string of the molecule is Cc1nn(CC(=O)Nc2cc(C)n(Cc3ccc(Cl)c(Cl)c3)n2)c2nccc(-c3ccco3)c12.